The highest BCUT2D eigenvalue weighted by Gasteiger charge is 2.20. The van der Waals surface area contributed by atoms with Crippen molar-refractivity contribution in [1.29, 1.82) is 0 Å². The number of nitrogens with zero attached hydrogens (tertiary/aromatic N) is 1. The highest BCUT2D eigenvalue weighted by Crippen LogP contribution is 2.12. The Bertz CT molecular complexity index is 440. The zero-order valence-electron chi connectivity index (χ0n) is 10.9. The number of hydrogen-bond donors (Lipinski definition) is 2. The number of likely N-dealkylation sites (N-methyl/N-ethyl adjacent to an activating group) is 1. The molecule has 1 aromatic heterocycles. The summed E-state index contributed by atoms with van der Waals surface area (Å²) in [4.78, 5) is 23.3. The van der Waals surface area contributed by atoms with Gasteiger partial charge in [-0.3, -0.25) is 4.79 Å². The molecule has 6 nitrogen and oxygen atoms in total. The third-order valence-electron chi connectivity index (χ3n) is 2.47. The summed E-state index contributed by atoms with van der Waals surface area (Å²) in [5.41, 5.74) is 6.47. The zero-order valence-corrected chi connectivity index (χ0v) is 10.9. The molecule has 0 aromatic carbocycles. The minimum atomic E-state index is -0.820. The molecule has 100 valence electrons. The number of aryl methyl sites for hydroxylation is 1. The largest absolute Gasteiger partial charge is 0.448 e. The van der Waals surface area contributed by atoms with Crippen LogP contribution < -0.4 is 11.1 Å². The third-order valence-corrected chi connectivity index (χ3v) is 2.47. The number of nitrogens with one attached hydrogen (secondary N) is 1. The second kappa shape index (κ2) is 6.09. The van der Waals surface area contributed by atoms with E-state index in [1.807, 2.05) is 6.92 Å². The summed E-state index contributed by atoms with van der Waals surface area (Å²) in [5.74, 6) is -0.860. The number of ether oxygens (including phenoxy) is 1. The fourth-order valence-electron chi connectivity index (χ4n) is 1.56. The molecule has 0 saturated heterocycles. The SMILES string of the molecule is CCNC(=O)C(C)OC(=O)c1cc(N)cn1CC. The van der Waals surface area contributed by atoms with Crippen molar-refractivity contribution < 1.29 is 14.3 Å². The topological polar surface area (TPSA) is 86.3 Å². The Morgan fingerprint density at radius 2 is 2.17 bits per heavy atom. The number of aromatic nitrogens is 1. The summed E-state index contributed by atoms with van der Waals surface area (Å²) in [5, 5.41) is 2.59. The summed E-state index contributed by atoms with van der Waals surface area (Å²) in [6, 6.07) is 1.54. The Kier molecular flexibility index (Phi) is 4.76. The monoisotopic (exact) mass is 253 g/mol. The molecule has 1 amide bonds. The molecule has 3 N–H and O–H groups in total. The maximum atomic E-state index is 11.9. The third kappa shape index (κ3) is 3.26. The molecule has 0 spiro atoms. The van der Waals surface area contributed by atoms with Crippen molar-refractivity contribution in [1.82, 2.24) is 9.88 Å². The van der Waals surface area contributed by atoms with E-state index in [0.29, 0.717) is 24.5 Å². The molecule has 1 heterocycles. The molecule has 0 aliphatic carbocycles. The fourth-order valence-corrected chi connectivity index (χ4v) is 1.56. The highest BCUT2D eigenvalue weighted by molar-refractivity contribution is 5.91. The van der Waals surface area contributed by atoms with Crippen molar-refractivity contribution in [3.63, 3.8) is 0 Å². The highest BCUT2D eigenvalue weighted by atomic mass is 16.5. The number of esters is 1. The van der Waals surface area contributed by atoms with E-state index >= 15 is 0 Å². The van der Waals surface area contributed by atoms with Gasteiger partial charge < -0.3 is 20.4 Å². The molecule has 0 radical (unpaired) electrons. The zero-order chi connectivity index (χ0) is 13.7. The van der Waals surface area contributed by atoms with Crippen LogP contribution in [0.5, 0.6) is 0 Å². The number of carbonyl (C=O) groups is 2. The molecule has 1 rings (SSSR count). The Labute approximate surface area is 106 Å². The van der Waals surface area contributed by atoms with Crippen molar-refractivity contribution in [2.75, 3.05) is 12.3 Å². The molecule has 18 heavy (non-hydrogen) atoms. The summed E-state index contributed by atoms with van der Waals surface area (Å²) in [7, 11) is 0. The first-order chi connectivity index (χ1) is 8.49. The van der Waals surface area contributed by atoms with Gasteiger partial charge in [0.2, 0.25) is 0 Å². The van der Waals surface area contributed by atoms with Gasteiger partial charge in [-0.2, -0.15) is 0 Å². The van der Waals surface area contributed by atoms with E-state index in [0.717, 1.165) is 0 Å². The van der Waals surface area contributed by atoms with Crippen LogP contribution in [0.15, 0.2) is 12.3 Å². The minimum absolute atomic E-state index is 0.312. The average molecular weight is 253 g/mol. The van der Waals surface area contributed by atoms with Gasteiger partial charge in [-0.15, -0.1) is 0 Å². The number of anilines is 1. The lowest BCUT2D eigenvalue weighted by Gasteiger charge is -2.13. The van der Waals surface area contributed by atoms with E-state index in [-0.39, 0.29) is 5.91 Å². The van der Waals surface area contributed by atoms with Crippen LogP contribution >= 0.6 is 0 Å². The van der Waals surface area contributed by atoms with Gasteiger partial charge in [0.15, 0.2) is 6.10 Å². The molecule has 0 aliphatic rings. The first kappa shape index (κ1) is 14.1. The summed E-state index contributed by atoms with van der Waals surface area (Å²) in [6.45, 7) is 6.33. The second-order valence-electron chi connectivity index (χ2n) is 3.89. The van der Waals surface area contributed by atoms with Gasteiger partial charge in [0.05, 0.1) is 5.69 Å². The van der Waals surface area contributed by atoms with Crippen LogP contribution in [-0.2, 0) is 16.1 Å². The molecule has 0 fully saturated rings. The summed E-state index contributed by atoms with van der Waals surface area (Å²) >= 11 is 0. The Morgan fingerprint density at radius 1 is 1.50 bits per heavy atom. The predicted molar refractivity (Wildman–Crippen MR) is 68.1 cm³/mol. The van der Waals surface area contributed by atoms with Crippen LogP contribution in [0.25, 0.3) is 0 Å². The van der Waals surface area contributed by atoms with Crippen LogP contribution in [-0.4, -0.2) is 29.1 Å². The van der Waals surface area contributed by atoms with Gasteiger partial charge >= 0.3 is 5.97 Å². The quantitative estimate of drug-likeness (QED) is 0.759. The lowest BCUT2D eigenvalue weighted by Crippen LogP contribution is -2.35. The van der Waals surface area contributed by atoms with E-state index in [1.165, 1.54) is 13.0 Å². The molecule has 0 saturated carbocycles. The molecule has 1 atom stereocenters. The average Bonchev–Trinajstić information content (AvgIpc) is 2.70. The summed E-state index contributed by atoms with van der Waals surface area (Å²) in [6.07, 6.45) is 0.840. The molecular formula is C12H19N3O3. The molecule has 1 aromatic rings. The predicted octanol–water partition coefficient (Wildman–Crippen LogP) is 0.772. The van der Waals surface area contributed by atoms with Crippen LogP contribution in [0, 0.1) is 0 Å². The Hall–Kier alpha value is -1.98. The normalized spacial score (nSPS) is 11.9. The van der Waals surface area contributed by atoms with Crippen LogP contribution in [0.3, 0.4) is 0 Å². The number of carbonyl (C=O) groups excluding carboxylic acids is 2. The standard InChI is InChI=1S/C12H19N3O3/c1-4-14-11(16)8(3)18-12(17)10-6-9(13)7-15(10)5-2/h6-8H,4-5,13H2,1-3H3,(H,14,16). The van der Waals surface area contributed by atoms with Crippen LogP contribution in [0.2, 0.25) is 0 Å². The van der Waals surface area contributed by atoms with E-state index in [2.05, 4.69) is 5.32 Å². The maximum absolute atomic E-state index is 11.9. The van der Waals surface area contributed by atoms with Gasteiger partial charge in [0.25, 0.3) is 5.91 Å². The van der Waals surface area contributed by atoms with Crippen molar-refractivity contribution in [2.24, 2.45) is 0 Å². The number of nitrogens with two attached hydrogens (primary N) is 1. The van der Waals surface area contributed by atoms with Crippen molar-refractivity contribution in [2.45, 2.75) is 33.4 Å². The van der Waals surface area contributed by atoms with Crippen LogP contribution in [0.1, 0.15) is 31.3 Å². The van der Waals surface area contributed by atoms with E-state index < -0.39 is 12.1 Å². The van der Waals surface area contributed by atoms with Crippen molar-refractivity contribution in [3.8, 4) is 0 Å². The molecule has 0 aliphatic heterocycles. The Balaban J connectivity index is 2.73. The van der Waals surface area contributed by atoms with Gasteiger partial charge in [-0.25, -0.2) is 4.79 Å². The van der Waals surface area contributed by atoms with E-state index in [1.54, 1.807) is 17.7 Å². The minimum Gasteiger partial charge on any atom is -0.448 e. The van der Waals surface area contributed by atoms with Crippen molar-refractivity contribution >= 4 is 17.6 Å². The fraction of sp³-hybridized carbons (Fsp3) is 0.500. The number of nitrogen functional groups attached to an aromatic ring is 1. The van der Waals surface area contributed by atoms with Gasteiger partial charge in [-0.05, 0) is 26.8 Å². The second-order valence-corrected chi connectivity index (χ2v) is 3.89. The molecule has 6 heteroatoms. The molecule has 1 unspecified atom stereocenters. The molecular weight excluding hydrogens is 234 g/mol. The number of hydrogen-bond acceptors (Lipinski definition) is 4. The lowest BCUT2D eigenvalue weighted by molar-refractivity contribution is -0.129. The van der Waals surface area contributed by atoms with Gasteiger partial charge in [0.1, 0.15) is 5.69 Å². The van der Waals surface area contributed by atoms with Gasteiger partial charge in [-0.1, -0.05) is 0 Å². The van der Waals surface area contributed by atoms with Crippen LogP contribution in [0.4, 0.5) is 5.69 Å². The lowest BCUT2D eigenvalue weighted by atomic mass is 10.3. The Morgan fingerprint density at radius 3 is 2.72 bits per heavy atom. The first-order valence-corrected chi connectivity index (χ1v) is 5.93. The van der Waals surface area contributed by atoms with E-state index in [4.69, 9.17) is 10.5 Å². The summed E-state index contributed by atoms with van der Waals surface area (Å²) < 4.78 is 6.76. The molecule has 0 bridgehead atoms. The van der Waals surface area contributed by atoms with E-state index in [9.17, 15) is 9.59 Å². The van der Waals surface area contributed by atoms with Crippen molar-refractivity contribution in [3.05, 3.63) is 18.0 Å². The first-order valence-electron chi connectivity index (χ1n) is 5.93. The smallest absolute Gasteiger partial charge is 0.355 e. The number of amides is 1. The van der Waals surface area contributed by atoms with Gasteiger partial charge in [0, 0.05) is 19.3 Å². The number of rotatable bonds is 5. The maximum Gasteiger partial charge on any atom is 0.355 e.